The molecule has 0 aliphatic carbocycles. The van der Waals surface area contributed by atoms with Crippen LogP contribution >= 0.6 is 0 Å². The Bertz CT molecular complexity index is 225. The Morgan fingerprint density at radius 2 is 1.86 bits per heavy atom. The molecule has 2 heteroatoms. The summed E-state index contributed by atoms with van der Waals surface area (Å²) in [6, 6.07) is 0. The summed E-state index contributed by atoms with van der Waals surface area (Å²) in [5.74, 6) is 0.459. The van der Waals surface area contributed by atoms with Crippen molar-refractivity contribution >= 4 is 5.91 Å². The number of nitrogens with one attached hydrogen (secondary N) is 1. The third-order valence-corrected chi connectivity index (χ3v) is 2.98. The Labute approximate surface area is 87.5 Å². The SMILES string of the molecule is CC(C)(C)CC(C)(C)C1CCNC1=O. The van der Waals surface area contributed by atoms with Gasteiger partial charge in [-0.05, 0) is 23.7 Å². The molecule has 1 N–H and O–H groups in total. The van der Waals surface area contributed by atoms with Gasteiger partial charge >= 0.3 is 0 Å². The number of rotatable bonds is 2. The second-order valence-corrected chi connectivity index (χ2v) is 6.36. The second kappa shape index (κ2) is 3.56. The number of carbonyl (C=O) groups is 1. The molecule has 1 fully saturated rings. The molecule has 1 atom stereocenters. The van der Waals surface area contributed by atoms with Crippen molar-refractivity contribution in [1.29, 1.82) is 0 Å². The summed E-state index contributed by atoms with van der Waals surface area (Å²) < 4.78 is 0. The van der Waals surface area contributed by atoms with Gasteiger partial charge in [0.15, 0.2) is 0 Å². The van der Waals surface area contributed by atoms with E-state index in [1.165, 1.54) is 0 Å². The van der Waals surface area contributed by atoms with Gasteiger partial charge in [0, 0.05) is 12.5 Å². The van der Waals surface area contributed by atoms with Crippen LogP contribution in [0.1, 0.15) is 47.5 Å². The molecule has 1 aliphatic heterocycles. The average molecular weight is 197 g/mol. The van der Waals surface area contributed by atoms with Crippen LogP contribution in [0.15, 0.2) is 0 Å². The Kier molecular flexibility index (Phi) is 2.93. The fourth-order valence-corrected chi connectivity index (χ4v) is 2.83. The predicted octanol–water partition coefficient (Wildman–Crippen LogP) is 2.58. The van der Waals surface area contributed by atoms with Crippen LogP contribution in [0.4, 0.5) is 0 Å². The molecule has 1 aliphatic rings. The lowest BCUT2D eigenvalue weighted by molar-refractivity contribution is -0.126. The van der Waals surface area contributed by atoms with E-state index < -0.39 is 0 Å². The molecule has 0 radical (unpaired) electrons. The van der Waals surface area contributed by atoms with Gasteiger partial charge in [0.25, 0.3) is 0 Å². The maximum absolute atomic E-state index is 11.6. The molecule has 0 bridgehead atoms. The molecule has 14 heavy (non-hydrogen) atoms. The van der Waals surface area contributed by atoms with Gasteiger partial charge in [0.05, 0.1) is 0 Å². The van der Waals surface area contributed by atoms with E-state index in [0.717, 1.165) is 19.4 Å². The van der Waals surface area contributed by atoms with Gasteiger partial charge in [0.1, 0.15) is 0 Å². The van der Waals surface area contributed by atoms with Crippen LogP contribution < -0.4 is 5.32 Å². The largest absolute Gasteiger partial charge is 0.356 e. The van der Waals surface area contributed by atoms with Crippen molar-refractivity contribution < 1.29 is 4.79 Å². The Morgan fingerprint density at radius 3 is 2.21 bits per heavy atom. The highest BCUT2D eigenvalue weighted by Gasteiger charge is 2.39. The van der Waals surface area contributed by atoms with Gasteiger partial charge < -0.3 is 5.32 Å². The first kappa shape index (κ1) is 11.5. The molecule has 0 aromatic heterocycles. The minimum absolute atomic E-state index is 0.124. The fourth-order valence-electron chi connectivity index (χ4n) is 2.83. The van der Waals surface area contributed by atoms with Gasteiger partial charge in [0.2, 0.25) is 5.91 Å². The normalized spacial score (nSPS) is 23.8. The summed E-state index contributed by atoms with van der Waals surface area (Å²) >= 11 is 0. The van der Waals surface area contributed by atoms with E-state index in [9.17, 15) is 4.79 Å². The summed E-state index contributed by atoms with van der Waals surface area (Å²) in [4.78, 5) is 11.6. The molecular formula is C12H23NO. The zero-order valence-corrected chi connectivity index (χ0v) is 10.1. The van der Waals surface area contributed by atoms with Crippen LogP contribution in [0, 0.1) is 16.7 Å². The van der Waals surface area contributed by atoms with E-state index in [-0.39, 0.29) is 17.2 Å². The van der Waals surface area contributed by atoms with Crippen LogP contribution in [0.5, 0.6) is 0 Å². The molecule has 1 unspecified atom stereocenters. The third-order valence-electron chi connectivity index (χ3n) is 2.98. The predicted molar refractivity (Wildman–Crippen MR) is 59.0 cm³/mol. The minimum Gasteiger partial charge on any atom is -0.356 e. The lowest BCUT2D eigenvalue weighted by Crippen LogP contribution is -2.34. The van der Waals surface area contributed by atoms with Crippen LogP contribution in [0.2, 0.25) is 0 Å². The Morgan fingerprint density at radius 1 is 1.29 bits per heavy atom. The zero-order chi connectivity index (χ0) is 11.0. The molecule has 1 heterocycles. The molecule has 0 saturated carbocycles. The van der Waals surface area contributed by atoms with Gasteiger partial charge in [-0.15, -0.1) is 0 Å². The van der Waals surface area contributed by atoms with Gasteiger partial charge in [-0.25, -0.2) is 0 Å². The van der Waals surface area contributed by atoms with E-state index in [1.54, 1.807) is 0 Å². The molecule has 0 aromatic carbocycles. The van der Waals surface area contributed by atoms with E-state index in [0.29, 0.717) is 5.41 Å². The van der Waals surface area contributed by atoms with Crippen molar-refractivity contribution in [2.24, 2.45) is 16.7 Å². The highest BCUT2D eigenvalue weighted by molar-refractivity contribution is 5.81. The first-order chi connectivity index (χ1) is 6.22. The molecule has 82 valence electrons. The van der Waals surface area contributed by atoms with Gasteiger partial charge in [-0.2, -0.15) is 0 Å². The monoisotopic (exact) mass is 197 g/mol. The minimum atomic E-state index is 0.124. The maximum atomic E-state index is 11.6. The molecule has 0 aromatic rings. The maximum Gasteiger partial charge on any atom is 0.223 e. The molecular weight excluding hydrogens is 174 g/mol. The lowest BCUT2D eigenvalue weighted by Gasteiger charge is -2.35. The first-order valence-electron chi connectivity index (χ1n) is 5.50. The summed E-state index contributed by atoms with van der Waals surface area (Å²) in [6.45, 7) is 12.0. The molecule has 1 rings (SSSR count). The summed E-state index contributed by atoms with van der Waals surface area (Å²) in [5.41, 5.74) is 0.422. The van der Waals surface area contributed by atoms with Gasteiger partial charge in [-0.1, -0.05) is 34.6 Å². The third kappa shape index (κ3) is 2.73. The van der Waals surface area contributed by atoms with E-state index >= 15 is 0 Å². The van der Waals surface area contributed by atoms with Crippen LogP contribution in [0.3, 0.4) is 0 Å². The fraction of sp³-hybridized carbons (Fsp3) is 0.917. The summed E-state index contributed by atoms with van der Waals surface area (Å²) in [6.07, 6.45) is 2.10. The highest BCUT2D eigenvalue weighted by atomic mass is 16.2. The number of carbonyl (C=O) groups excluding carboxylic acids is 1. The number of hydrogen-bond acceptors (Lipinski definition) is 1. The van der Waals surface area contributed by atoms with E-state index in [2.05, 4.69) is 39.9 Å². The highest BCUT2D eigenvalue weighted by Crippen LogP contribution is 2.41. The van der Waals surface area contributed by atoms with Crippen molar-refractivity contribution in [2.75, 3.05) is 6.54 Å². The molecule has 1 saturated heterocycles. The standard InChI is InChI=1S/C12H23NO/c1-11(2,3)8-12(4,5)9-6-7-13-10(9)14/h9H,6-8H2,1-5H3,(H,13,14). The van der Waals surface area contributed by atoms with Crippen molar-refractivity contribution in [3.05, 3.63) is 0 Å². The lowest BCUT2D eigenvalue weighted by atomic mass is 9.68. The molecule has 2 nitrogen and oxygen atoms in total. The van der Waals surface area contributed by atoms with Crippen molar-refractivity contribution in [1.82, 2.24) is 5.32 Å². The molecule has 1 amide bonds. The smallest absolute Gasteiger partial charge is 0.223 e. The average Bonchev–Trinajstić information content (AvgIpc) is 2.29. The Balaban J connectivity index is 2.69. The van der Waals surface area contributed by atoms with E-state index in [4.69, 9.17) is 0 Å². The number of hydrogen-bond donors (Lipinski definition) is 1. The number of amides is 1. The molecule has 0 spiro atoms. The second-order valence-electron chi connectivity index (χ2n) is 6.36. The van der Waals surface area contributed by atoms with Crippen LogP contribution in [-0.4, -0.2) is 12.5 Å². The zero-order valence-electron chi connectivity index (χ0n) is 10.1. The van der Waals surface area contributed by atoms with Crippen LogP contribution in [-0.2, 0) is 4.79 Å². The Hall–Kier alpha value is -0.530. The quantitative estimate of drug-likeness (QED) is 0.724. The van der Waals surface area contributed by atoms with Crippen molar-refractivity contribution in [2.45, 2.75) is 47.5 Å². The van der Waals surface area contributed by atoms with Crippen LogP contribution in [0.25, 0.3) is 0 Å². The summed E-state index contributed by atoms with van der Waals surface area (Å²) in [7, 11) is 0. The van der Waals surface area contributed by atoms with E-state index in [1.807, 2.05) is 0 Å². The van der Waals surface area contributed by atoms with Crippen molar-refractivity contribution in [3.63, 3.8) is 0 Å². The first-order valence-corrected chi connectivity index (χ1v) is 5.50. The van der Waals surface area contributed by atoms with Crippen molar-refractivity contribution in [3.8, 4) is 0 Å². The summed E-state index contributed by atoms with van der Waals surface area (Å²) in [5, 5.41) is 2.92. The topological polar surface area (TPSA) is 29.1 Å². The van der Waals surface area contributed by atoms with Gasteiger partial charge in [-0.3, -0.25) is 4.79 Å².